The number of aromatic nitrogens is 2. The predicted octanol–water partition coefficient (Wildman–Crippen LogP) is 5.39. The molecule has 4 rings (SSSR count). The number of para-hydroxylation sites is 1. The molecule has 36 heavy (non-hydrogen) atoms. The number of phenols is 1. The number of nitrogens with zero attached hydrogens (tertiary/aromatic N) is 4. The standard InChI is InChI=1S/C27H26N4O5/c1-5-36-25-12-17(4)22(14-21(25)16(2)3)26-29-23-9-7-6-8-20(23)27(33)30(26)28-15-18-13-19(32)10-11-24(18)31(34)35/h6-16,32H,5H2,1-4H3. The first-order valence-electron chi connectivity index (χ1n) is 11.5. The molecule has 0 saturated heterocycles. The SMILES string of the molecule is CCOc1cc(C)c(-c2nc3ccccc3c(=O)n2N=Cc2cc(O)ccc2[N+](=O)[O-])cc1C(C)C. The summed E-state index contributed by atoms with van der Waals surface area (Å²) in [5.41, 5.74) is 2.36. The summed E-state index contributed by atoms with van der Waals surface area (Å²) >= 11 is 0. The Hall–Kier alpha value is -4.53. The van der Waals surface area contributed by atoms with E-state index in [9.17, 15) is 20.0 Å². The smallest absolute Gasteiger partial charge is 0.282 e. The second-order valence-corrected chi connectivity index (χ2v) is 8.61. The van der Waals surface area contributed by atoms with E-state index < -0.39 is 10.5 Å². The monoisotopic (exact) mass is 486 g/mol. The van der Waals surface area contributed by atoms with Gasteiger partial charge in [0.1, 0.15) is 11.5 Å². The summed E-state index contributed by atoms with van der Waals surface area (Å²) in [4.78, 5) is 29.2. The van der Waals surface area contributed by atoms with Crippen LogP contribution in [0.15, 0.2) is 64.5 Å². The first kappa shape index (κ1) is 24.6. The fourth-order valence-electron chi connectivity index (χ4n) is 4.01. The van der Waals surface area contributed by atoms with E-state index in [0.717, 1.165) is 21.6 Å². The van der Waals surface area contributed by atoms with Crippen molar-refractivity contribution in [3.63, 3.8) is 0 Å². The molecule has 0 amide bonds. The van der Waals surface area contributed by atoms with Crippen LogP contribution in [0.2, 0.25) is 0 Å². The second kappa shape index (κ2) is 9.99. The van der Waals surface area contributed by atoms with E-state index in [4.69, 9.17) is 9.72 Å². The van der Waals surface area contributed by atoms with Crippen LogP contribution in [0.25, 0.3) is 22.3 Å². The van der Waals surface area contributed by atoms with Gasteiger partial charge in [-0.3, -0.25) is 14.9 Å². The summed E-state index contributed by atoms with van der Waals surface area (Å²) in [6.45, 7) is 8.45. The number of fused-ring (bicyclic) bond motifs is 1. The lowest BCUT2D eigenvalue weighted by molar-refractivity contribution is -0.385. The molecule has 9 heteroatoms. The van der Waals surface area contributed by atoms with Gasteiger partial charge in [-0.15, -0.1) is 0 Å². The lowest BCUT2D eigenvalue weighted by atomic mass is 9.96. The van der Waals surface area contributed by atoms with Crippen LogP contribution in [0.1, 0.15) is 43.4 Å². The number of aryl methyl sites for hydroxylation is 1. The molecule has 1 aromatic heterocycles. The van der Waals surface area contributed by atoms with Gasteiger partial charge < -0.3 is 9.84 Å². The van der Waals surface area contributed by atoms with Crippen LogP contribution in [0.4, 0.5) is 5.69 Å². The molecule has 0 saturated carbocycles. The van der Waals surface area contributed by atoms with Gasteiger partial charge in [-0.1, -0.05) is 26.0 Å². The number of nitro benzene ring substituents is 1. The van der Waals surface area contributed by atoms with Crippen molar-refractivity contribution in [2.24, 2.45) is 5.10 Å². The van der Waals surface area contributed by atoms with Crippen molar-refractivity contribution < 1.29 is 14.8 Å². The lowest BCUT2D eigenvalue weighted by Gasteiger charge is -2.18. The Balaban J connectivity index is 2.00. The first-order valence-corrected chi connectivity index (χ1v) is 11.5. The average Bonchev–Trinajstić information content (AvgIpc) is 2.83. The molecule has 0 radical (unpaired) electrons. The average molecular weight is 487 g/mol. The normalized spacial score (nSPS) is 11.5. The second-order valence-electron chi connectivity index (χ2n) is 8.61. The number of benzene rings is 3. The van der Waals surface area contributed by atoms with E-state index in [0.29, 0.717) is 28.9 Å². The topological polar surface area (TPSA) is 120 Å². The number of aromatic hydroxyl groups is 1. The fraction of sp³-hybridized carbons (Fsp3) is 0.222. The third-order valence-electron chi connectivity index (χ3n) is 5.79. The molecule has 0 aliphatic carbocycles. The summed E-state index contributed by atoms with van der Waals surface area (Å²) in [6, 6.07) is 14.4. The van der Waals surface area contributed by atoms with E-state index in [2.05, 4.69) is 18.9 Å². The quantitative estimate of drug-likeness (QED) is 0.212. The number of rotatable bonds is 7. The molecule has 3 aromatic carbocycles. The molecule has 184 valence electrons. The molecular formula is C27H26N4O5. The maximum atomic E-state index is 13.5. The summed E-state index contributed by atoms with van der Waals surface area (Å²) in [6.07, 6.45) is 1.19. The number of nitro groups is 1. The largest absolute Gasteiger partial charge is 0.508 e. The highest BCUT2D eigenvalue weighted by atomic mass is 16.6. The molecule has 0 bridgehead atoms. The molecule has 0 aliphatic heterocycles. The minimum absolute atomic E-state index is 0.0530. The highest BCUT2D eigenvalue weighted by Crippen LogP contribution is 2.34. The van der Waals surface area contributed by atoms with Crippen LogP contribution in [-0.2, 0) is 0 Å². The molecule has 4 aromatic rings. The maximum absolute atomic E-state index is 13.5. The van der Waals surface area contributed by atoms with Crippen LogP contribution in [-0.4, -0.2) is 32.5 Å². The molecule has 0 atom stereocenters. The summed E-state index contributed by atoms with van der Waals surface area (Å²) in [7, 11) is 0. The summed E-state index contributed by atoms with van der Waals surface area (Å²) in [5, 5.41) is 26.0. The molecule has 0 fully saturated rings. The number of hydrogen-bond acceptors (Lipinski definition) is 7. The third kappa shape index (κ3) is 4.68. The van der Waals surface area contributed by atoms with Gasteiger partial charge in [0.2, 0.25) is 0 Å². The van der Waals surface area contributed by atoms with Crippen molar-refractivity contribution in [1.82, 2.24) is 9.66 Å². The fourth-order valence-corrected chi connectivity index (χ4v) is 4.01. The van der Waals surface area contributed by atoms with E-state index in [1.807, 2.05) is 26.0 Å². The molecular weight excluding hydrogens is 460 g/mol. The van der Waals surface area contributed by atoms with Gasteiger partial charge in [0.15, 0.2) is 5.82 Å². The van der Waals surface area contributed by atoms with Crippen LogP contribution < -0.4 is 10.3 Å². The Kier molecular flexibility index (Phi) is 6.82. The van der Waals surface area contributed by atoms with Crippen LogP contribution >= 0.6 is 0 Å². The number of phenolic OH excluding ortho intramolecular Hbond substituents is 1. The zero-order valence-corrected chi connectivity index (χ0v) is 20.4. The Morgan fingerprint density at radius 3 is 2.64 bits per heavy atom. The van der Waals surface area contributed by atoms with Crippen molar-refractivity contribution in [2.75, 3.05) is 6.61 Å². The van der Waals surface area contributed by atoms with E-state index in [1.165, 1.54) is 24.4 Å². The van der Waals surface area contributed by atoms with Gasteiger partial charge in [0, 0.05) is 11.6 Å². The molecule has 1 N–H and O–H groups in total. The minimum Gasteiger partial charge on any atom is -0.508 e. The zero-order valence-electron chi connectivity index (χ0n) is 20.4. The zero-order chi connectivity index (χ0) is 26.0. The summed E-state index contributed by atoms with van der Waals surface area (Å²) in [5.74, 6) is 1.04. The Labute approximate surface area is 207 Å². The highest BCUT2D eigenvalue weighted by molar-refractivity contribution is 5.86. The van der Waals surface area contributed by atoms with E-state index in [-0.39, 0.29) is 22.9 Å². The van der Waals surface area contributed by atoms with Gasteiger partial charge in [0.25, 0.3) is 11.2 Å². The van der Waals surface area contributed by atoms with Gasteiger partial charge in [-0.2, -0.15) is 9.78 Å². The molecule has 0 aliphatic rings. The van der Waals surface area contributed by atoms with Crippen LogP contribution in [0, 0.1) is 17.0 Å². The Morgan fingerprint density at radius 2 is 1.94 bits per heavy atom. The van der Waals surface area contributed by atoms with Crippen molar-refractivity contribution in [3.8, 4) is 22.9 Å². The van der Waals surface area contributed by atoms with Crippen molar-refractivity contribution in [1.29, 1.82) is 0 Å². The van der Waals surface area contributed by atoms with E-state index in [1.54, 1.807) is 24.3 Å². The molecule has 9 nitrogen and oxygen atoms in total. The number of ether oxygens (including phenoxy) is 1. The maximum Gasteiger partial charge on any atom is 0.282 e. The minimum atomic E-state index is -0.575. The molecule has 0 spiro atoms. The van der Waals surface area contributed by atoms with Gasteiger partial charge in [-0.05, 0) is 67.3 Å². The molecule has 0 unspecified atom stereocenters. The highest BCUT2D eigenvalue weighted by Gasteiger charge is 2.19. The predicted molar refractivity (Wildman–Crippen MR) is 139 cm³/mol. The third-order valence-corrected chi connectivity index (χ3v) is 5.79. The van der Waals surface area contributed by atoms with Crippen molar-refractivity contribution in [2.45, 2.75) is 33.6 Å². The Bertz CT molecular complexity index is 1560. The van der Waals surface area contributed by atoms with Gasteiger partial charge in [-0.25, -0.2) is 4.98 Å². The van der Waals surface area contributed by atoms with Crippen LogP contribution in [0.3, 0.4) is 0 Å². The summed E-state index contributed by atoms with van der Waals surface area (Å²) < 4.78 is 6.98. The van der Waals surface area contributed by atoms with Crippen molar-refractivity contribution in [3.05, 3.63) is 91.8 Å². The Morgan fingerprint density at radius 1 is 1.19 bits per heavy atom. The van der Waals surface area contributed by atoms with Gasteiger partial charge >= 0.3 is 0 Å². The number of hydrogen-bond donors (Lipinski definition) is 1. The first-order chi connectivity index (χ1) is 17.2. The van der Waals surface area contributed by atoms with Crippen molar-refractivity contribution >= 4 is 22.8 Å². The van der Waals surface area contributed by atoms with Gasteiger partial charge in [0.05, 0.1) is 34.2 Å². The van der Waals surface area contributed by atoms with E-state index >= 15 is 0 Å². The lowest BCUT2D eigenvalue weighted by Crippen LogP contribution is -2.21. The van der Waals surface area contributed by atoms with Crippen LogP contribution in [0.5, 0.6) is 11.5 Å². The molecule has 1 heterocycles.